The molecule has 0 spiro atoms. The van der Waals surface area contributed by atoms with Crippen LogP contribution in [0.1, 0.15) is 34.8 Å². The Hall–Kier alpha value is -2.97. The molecule has 3 N–H and O–H groups in total. The number of nitrogens with zero attached hydrogens (tertiary/aromatic N) is 2. The maximum atomic E-state index is 13.9. The van der Waals surface area contributed by atoms with Gasteiger partial charge in [0.05, 0.1) is 5.01 Å². The number of carbonyl (C=O) groups excluding carboxylic acids is 2. The Bertz CT molecular complexity index is 1140. The number of carbonyl (C=O) groups is 2. The number of hydrogen-bond donors (Lipinski definition) is 2. The molecule has 0 bridgehead atoms. The van der Waals surface area contributed by atoms with E-state index in [0.717, 1.165) is 36.3 Å². The molecule has 2 heterocycles. The van der Waals surface area contributed by atoms with Gasteiger partial charge in [0.15, 0.2) is 0 Å². The van der Waals surface area contributed by atoms with Crippen LogP contribution < -0.4 is 11.1 Å². The van der Waals surface area contributed by atoms with E-state index in [9.17, 15) is 14.0 Å². The zero-order valence-corrected chi connectivity index (χ0v) is 19.5. The summed E-state index contributed by atoms with van der Waals surface area (Å²) in [6.45, 7) is 1.39. The highest BCUT2D eigenvalue weighted by atomic mass is 35.5. The molecule has 1 aromatic heterocycles. The van der Waals surface area contributed by atoms with Gasteiger partial charge >= 0.3 is 6.03 Å². The van der Waals surface area contributed by atoms with Crippen molar-refractivity contribution in [2.75, 3.05) is 18.4 Å². The third-order valence-electron chi connectivity index (χ3n) is 5.86. The molecular weight excluding hydrogens is 463 g/mol. The monoisotopic (exact) mass is 486 g/mol. The molecule has 0 unspecified atom stereocenters. The van der Waals surface area contributed by atoms with E-state index in [2.05, 4.69) is 10.3 Å². The number of aryl methyl sites for hydroxylation is 1. The van der Waals surface area contributed by atoms with Gasteiger partial charge in [0.1, 0.15) is 11.5 Å². The number of halogens is 2. The number of nitrogens with two attached hydrogens (primary N) is 1. The minimum absolute atomic E-state index is 0.338. The van der Waals surface area contributed by atoms with E-state index in [-0.39, 0.29) is 11.9 Å². The van der Waals surface area contributed by atoms with Gasteiger partial charge in [0.2, 0.25) is 0 Å². The quantitative estimate of drug-likeness (QED) is 0.476. The second-order valence-corrected chi connectivity index (χ2v) is 9.46. The third-order valence-corrected chi connectivity index (χ3v) is 7.02. The van der Waals surface area contributed by atoms with Crippen LogP contribution in [0.3, 0.4) is 0 Å². The van der Waals surface area contributed by atoms with Crippen molar-refractivity contribution in [2.24, 2.45) is 11.7 Å². The molecule has 9 heteroatoms. The van der Waals surface area contributed by atoms with Crippen LogP contribution in [0.5, 0.6) is 0 Å². The second-order valence-electron chi connectivity index (χ2n) is 8.08. The molecule has 6 nitrogen and oxygen atoms in total. The van der Waals surface area contributed by atoms with Crippen molar-refractivity contribution >= 4 is 40.6 Å². The SMILES string of the molecule is NC(=O)N1CCC(CCc2nc(C(=O)Nc3ccc(F)cc3-c3ccc(Cl)cc3)cs2)CC1. The maximum Gasteiger partial charge on any atom is 0.314 e. The Morgan fingerprint density at radius 1 is 1.18 bits per heavy atom. The summed E-state index contributed by atoms with van der Waals surface area (Å²) in [5.41, 5.74) is 7.49. The number of anilines is 1. The predicted molar refractivity (Wildman–Crippen MR) is 129 cm³/mol. The first-order valence-electron chi connectivity index (χ1n) is 10.7. The van der Waals surface area contributed by atoms with E-state index in [1.165, 1.54) is 23.5 Å². The lowest BCUT2D eigenvalue weighted by atomic mass is 9.92. The average Bonchev–Trinajstić information content (AvgIpc) is 3.29. The third kappa shape index (κ3) is 5.89. The molecule has 1 aliphatic heterocycles. The Morgan fingerprint density at radius 2 is 1.91 bits per heavy atom. The first-order chi connectivity index (χ1) is 15.9. The lowest BCUT2D eigenvalue weighted by molar-refractivity contribution is 0.102. The van der Waals surface area contributed by atoms with Crippen LogP contribution in [0.15, 0.2) is 47.8 Å². The molecule has 2 aromatic carbocycles. The molecule has 0 atom stereocenters. The highest BCUT2D eigenvalue weighted by Gasteiger charge is 2.22. The van der Waals surface area contributed by atoms with Crippen molar-refractivity contribution in [3.8, 4) is 11.1 Å². The second kappa shape index (κ2) is 10.3. The van der Waals surface area contributed by atoms with Crippen molar-refractivity contribution < 1.29 is 14.0 Å². The highest BCUT2D eigenvalue weighted by Crippen LogP contribution is 2.30. The van der Waals surface area contributed by atoms with Crippen LogP contribution in [0.4, 0.5) is 14.9 Å². The Morgan fingerprint density at radius 3 is 2.61 bits per heavy atom. The van der Waals surface area contributed by atoms with Crippen LogP contribution in [-0.2, 0) is 6.42 Å². The number of thiazole rings is 1. The van der Waals surface area contributed by atoms with E-state index in [4.69, 9.17) is 17.3 Å². The fraction of sp³-hybridized carbons (Fsp3) is 0.292. The van der Waals surface area contributed by atoms with Crippen molar-refractivity contribution in [1.82, 2.24) is 9.88 Å². The Labute approximate surface area is 200 Å². The smallest absolute Gasteiger partial charge is 0.314 e. The number of hydrogen-bond acceptors (Lipinski definition) is 4. The standard InChI is InChI=1S/C24H24ClFN4O2S/c25-17-4-2-16(3-5-17)19-13-18(26)6-7-20(19)29-23(31)21-14-33-22(28-21)8-1-15-9-11-30(12-10-15)24(27)32/h2-7,13-15H,1,8-12H2,(H2,27,32)(H,29,31). The summed E-state index contributed by atoms with van der Waals surface area (Å²) in [7, 11) is 0. The zero-order valence-electron chi connectivity index (χ0n) is 17.9. The molecule has 4 rings (SSSR count). The molecule has 0 saturated carbocycles. The first-order valence-corrected chi connectivity index (χ1v) is 12.0. The first kappa shape index (κ1) is 23.2. The zero-order chi connectivity index (χ0) is 23.4. The number of piperidine rings is 1. The van der Waals surface area contributed by atoms with Crippen molar-refractivity contribution in [2.45, 2.75) is 25.7 Å². The van der Waals surface area contributed by atoms with Gasteiger partial charge in [-0.3, -0.25) is 4.79 Å². The van der Waals surface area contributed by atoms with E-state index < -0.39 is 5.82 Å². The predicted octanol–water partition coefficient (Wildman–Crippen LogP) is 5.58. The number of aromatic nitrogens is 1. The minimum atomic E-state index is -0.393. The van der Waals surface area contributed by atoms with E-state index in [0.29, 0.717) is 41.0 Å². The molecule has 33 heavy (non-hydrogen) atoms. The van der Waals surface area contributed by atoms with E-state index in [1.54, 1.807) is 40.6 Å². The summed E-state index contributed by atoms with van der Waals surface area (Å²) in [4.78, 5) is 30.2. The van der Waals surface area contributed by atoms with Crippen LogP contribution in [0.25, 0.3) is 11.1 Å². The number of likely N-dealkylation sites (tertiary alicyclic amines) is 1. The number of amides is 3. The summed E-state index contributed by atoms with van der Waals surface area (Å²) in [6.07, 6.45) is 3.60. The van der Waals surface area contributed by atoms with Crippen molar-refractivity contribution in [3.05, 3.63) is 69.4 Å². The lowest BCUT2D eigenvalue weighted by Crippen LogP contribution is -2.41. The topological polar surface area (TPSA) is 88.3 Å². The lowest BCUT2D eigenvalue weighted by Gasteiger charge is -2.30. The van der Waals surface area contributed by atoms with Gasteiger partial charge in [0, 0.05) is 34.7 Å². The number of rotatable bonds is 6. The molecule has 172 valence electrons. The summed E-state index contributed by atoms with van der Waals surface area (Å²) in [5, 5.41) is 6.08. The van der Waals surface area contributed by atoms with E-state index >= 15 is 0 Å². The minimum Gasteiger partial charge on any atom is -0.351 e. The Balaban J connectivity index is 1.38. The molecule has 0 aliphatic carbocycles. The summed E-state index contributed by atoms with van der Waals surface area (Å²) in [5.74, 6) is -0.215. The molecule has 3 amide bonds. The summed E-state index contributed by atoms with van der Waals surface area (Å²) in [6, 6.07) is 10.9. The molecule has 1 saturated heterocycles. The number of benzene rings is 2. The number of urea groups is 1. The summed E-state index contributed by atoms with van der Waals surface area (Å²) < 4.78 is 13.9. The van der Waals surface area contributed by atoms with Crippen molar-refractivity contribution in [1.29, 1.82) is 0 Å². The van der Waals surface area contributed by atoms with Crippen LogP contribution in [-0.4, -0.2) is 34.9 Å². The van der Waals surface area contributed by atoms with Crippen LogP contribution in [0.2, 0.25) is 5.02 Å². The fourth-order valence-electron chi connectivity index (χ4n) is 3.98. The summed E-state index contributed by atoms with van der Waals surface area (Å²) >= 11 is 7.42. The van der Waals surface area contributed by atoms with Crippen molar-refractivity contribution in [3.63, 3.8) is 0 Å². The largest absolute Gasteiger partial charge is 0.351 e. The van der Waals surface area contributed by atoms with Gasteiger partial charge in [-0.25, -0.2) is 14.2 Å². The van der Waals surface area contributed by atoms with Gasteiger partial charge in [-0.2, -0.15) is 0 Å². The van der Waals surface area contributed by atoms with Gasteiger partial charge in [-0.15, -0.1) is 11.3 Å². The maximum absolute atomic E-state index is 13.9. The molecule has 1 aliphatic rings. The highest BCUT2D eigenvalue weighted by molar-refractivity contribution is 7.09. The molecule has 3 aromatic rings. The number of primary amides is 1. The normalized spacial score (nSPS) is 14.3. The van der Waals surface area contributed by atoms with Gasteiger partial charge < -0.3 is 16.0 Å². The van der Waals surface area contributed by atoms with Crippen LogP contribution >= 0.6 is 22.9 Å². The van der Waals surface area contributed by atoms with Gasteiger partial charge in [0.25, 0.3) is 5.91 Å². The van der Waals surface area contributed by atoms with E-state index in [1.807, 2.05) is 0 Å². The van der Waals surface area contributed by atoms with Crippen LogP contribution in [0, 0.1) is 11.7 Å². The Kier molecular flexibility index (Phi) is 7.25. The van der Waals surface area contributed by atoms with Gasteiger partial charge in [-0.1, -0.05) is 23.7 Å². The fourth-order valence-corrected chi connectivity index (χ4v) is 4.90. The van der Waals surface area contributed by atoms with Gasteiger partial charge in [-0.05, 0) is 67.5 Å². The molecule has 0 radical (unpaired) electrons. The molecule has 1 fully saturated rings. The number of nitrogens with one attached hydrogen (secondary N) is 1. The molecular formula is C24H24ClFN4O2S. The average molecular weight is 487 g/mol.